The van der Waals surface area contributed by atoms with Crippen LogP contribution in [0.25, 0.3) is 0 Å². The summed E-state index contributed by atoms with van der Waals surface area (Å²) in [5.74, 6) is -1.00. The molecule has 8 heteroatoms. The van der Waals surface area contributed by atoms with E-state index in [4.69, 9.17) is 10.2 Å². The summed E-state index contributed by atoms with van der Waals surface area (Å²) in [6.07, 6.45) is -0.188. The third kappa shape index (κ3) is 4.89. The summed E-state index contributed by atoms with van der Waals surface area (Å²) >= 11 is 0. The summed E-state index contributed by atoms with van der Waals surface area (Å²) in [7, 11) is -3.82. The van der Waals surface area contributed by atoms with Crippen LogP contribution in [0.1, 0.15) is 12.5 Å². The Kier molecular flexibility index (Phi) is 5.23. The number of sulfonamides is 1. The largest absolute Gasteiger partial charge is 0.481 e. The fourth-order valence-corrected chi connectivity index (χ4v) is 2.51. The summed E-state index contributed by atoms with van der Waals surface area (Å²) < 4.78 is 26.0. The number of aliphatic hydroxyl groups excluding tert-OH is 1. The number of aliphatic carboxylic acids is 1. The van der Waals surface area contributed by atoms with Gasteiger partial charge in [-0.2, -0.15) is 0 Å². The lowest BCUT2D eigenvalue weighted by molar-refractivity contribution is -0.136. The van der Waals surface area contributed by atoms with E-state index < -0.39 is 28.2 Å². The molecular weight excluding hydrogens is 286 g/mol. The molecule has 0 spiro atoms. The van der Waals surface area contributed by atoms with Gasteiger partial charge in [0, 0.05) is 6.54 Å². The zero-order valence-corrected chi connectivity index (χ0v) is 11.7. The molecule has 1 atom stereocenters. The monoisotopic (exact) mass is 303 g/mol. The molecule has 1 aromatic rings. The Bertz CT molecular complexity index is 564. The first-order valence-electron chi connectivity index (χ1n) is 5.80. The normalized spacial score (nSPS) is 14.8. The van der Waals surface area contributed by atoms with Gasteiger partial charge in [-0.25, -0.2) is 13.1 Å². The van der Waals surface area contributed by atoms with Crippen molar-refractivity contribution in [2.75, 3.05) is 13.2 Å². The van der Waals surface area contributed by atoms with Crippen LogP contribution in [0.5, 0.6) is 0 Å². The van der Waals surface area contributed by atoms with E-state index in [9.17, 15) is 18.3 Å². The van der Waals surface area contributed by atoms with Crippen molar-refractivity contribution < 1.29 is 28.5 Å². The molecule has 0 radical (unpaired) electrons. The van der Waals surface area contributed by atoms with Crippen LogP contribution in [-0.4, -0.2) is 48.5 Å². The maximum Gasteiger partial charge on any atom is 0.307 e. The zero-order valence-electron chi connectivity index (χ0n) is 10.9. The van der Waals surface area contributed by atoms with Gasteiger partial charge in [-0.1, -0.05) is 12.1 Å². The number of carbonyl (C=O) groups is 1. The van der Waals surface area contributed by atoms with E-state index >= 15 is 0 Å². The molecule has 1 unspecified atom stereocenters. The minimum atomic E-state index is -3.82. The van der Waals surface area contributed by atoms with Crippen molar-refractivity contribution in [2.45, 2.75) is 23.8 Å². The summed E-state index contributed by atoms with van der Waals surface area (Å²) in [4.78, 5) is 10.5. The molecule has 1 rings (SSSR count). The molecule has 112 valence electrons. The van der Waals surface area contributed by atoms with Gasteiger partial charge in [0.1, 0.15) is 0 Å². The van der Waals surface area contributed by atoms with Crippen LogP contribution in [-0.2, 0) is 21.2 Å². The van der Waals surface area contributed by atoms with Crippen LogP contribution in [0.15, 0.2) is 29.2 Å². The van der Waals surface area contributed by atoms with Crippen molar-refractivity contribution >= 4 is 16.0 Å². The zero-order chi connectivity index (χ0) is 15.4. The Balaban J connectivity index is 2.80. The number of nitrogens with one attached hydrogen (secondary N) is 1. The van der Waals surface area contributed by atoms with Crippen molar-refractivity contribution in [3.8, 4) is 0 Å². The summed E-state index contributed by atoms with van der Waals surface area (Å²) in [5, 5.41) is 27.0. The minimum Gasteiger partial charge on any atom is -0.481 e. The molecule has 1 aromatic carbocycles. The van der Waals surface area contributed by atoms with E-state index in [2.05, 4.69) is 4.72 Å². The van der Waals surface area contributed by atoms with E-state index in [0.717, 1.165) is 0 Å². The van der Waals surface area contributed by atoms with Gasteiger partial charge < -0.3 is 15.3 Å². The molecule has 0 saturated carbocycles. The van der Waals surface area contributed by atoms with Crippen LogP contribution in [0.2, 0.25) is 0 Å². The molecule has 0 saturated heterocycles. The number of carboxylic acids is 1. The van der Waals surface area contributed by atoms with Crippen molar-refractivity contribution in [2.24, 2.45) is 0 Å². The molecule has 0 fully saturated rings. The number of benzene rings is 1. The Morgan fingerprint density at radius 2 is 1.85 bits per heavy atom. The molecule has 20 heavy (non-hydrogen) atoms. The number of carboxylic acid groups (broad SMARTS) is 1. The van der Waals surface area contributed by atoms with Gasteiger partial charge in [-0.3, -0.25) is 4.79 Å². The molecule has 7 nitrogen and oxygen atoms in total. The molecule has 0 aliphatic rings. The second kappa shape index (κ2) is 6.31. The van der Waals surface area contributed by atoms with Crippen molar-refractivity contribution in [1.82, 2.24) is 4.72 Å². The maximum atomic E-state index is 11.9. The average Bonchev–Trinajstić information content (AvgIpc) is 2.37. The molecule has 0 heterocycles. The highest BCUT2D eigenvalue weighted by Crippen LogP contribution is 2.12. The van der Waals surface area contributed by atoms with Gasteiger partial charge in [-0.05, 0) is 24.6 Å². The first-order valence-corrected chi connectivity index (χ1v) is 7.28. The standard InChI is InChI=1S/C12H17NO6S/c1-12(17,8-14)7-13-20(18,19)10-4-2-9(3-5-10)6-11(15)16/h2-5,13-14,17H,6-8H2,1H3,(H,15,16). The first-order chi connectivity index (χ1) is 9.16. The Morgan fingerprint density at radius 3 is 2.30 bits per heavy atom. The smallest absolute Gasteiger partial charge is 0.307 e. The highest BCUT2D eigenvalue weighted by molar-refractivity contribution is 7.89. The molecule has 0 aliphatic heterocycles. The third-order valence-electron chi connectivity index (χ3n) is 2.57. The van der Waals surface area contributed by atoms with E-state index in [1.807, 2.05) is 0 Å². The molecule has 4 N–H and O–H groups in total. The van der Waals surface area contributed by atoms with Gasteiger partial charge in [0.25, 0.3) is 0 Å². The Labute approximate surface area is 116 Å². The molecular formula is C12H17NO6S. The predicted octanol–water partition coefficient (Wildman–Crippen LogP) is -0.665. The first kappa shape index (κ1) is 16.6. The van der Waals surface area contributed by atoms with Crippen LogP contribution in [0.3, 0.4) is 0 Å². The second-order valence-corrected chi connectivity index (χ2v) is 6.46. The highest BCUT2D eigenvalue weighted by Gasteiger charge is 2.23. The lowest BCUT2D eigenvalue weighted by Gasteiger charge is -2.20. The fourth-order valence-electron chi connectivity index (χ4n) is 1.35. The third-order valence-corrected chi connectivity index (χ3v) is 3.99. The van der Waals surface area contributed by atoms with E-state index in [-0.39, 0.29) is 17.9 Å². The van der Waals surface area contributed by atoms with Gasteiger partial charge in [0.15, 0.2) is 0 Å². The minimum absolute atomic E-state index is 0.0413. The maximum absolute atomic E-state index is 11.9. The quantitative estimate of drug-likeness (QED) is 0.530. The molecule has 0 aromatic heterocycles. The van der Waals surface area contributed by atoms with Gasteiger partial charge in [0.05, 0.1) is 23.5 Å². The summed E-state index contributed by atoms with van der Waals surface area (Å²) in [5.41, 5.74) is -1.06. The van der Waals surface area contributed by atoms with Crippen LogP contribution >= 0.6 is 0 Å². The van der Waals surface area contributed by atoms with Gasteiger partial charge in [-0.15, -0.1) is 0 Å². The number of aliphatic hydroxyl groups is 2. The Morgan fingerprint density at radius 1 is 1.30 bits per heavy atom. The van der Waals surface area contributed by atoms with Crippen LogP contribution in [0, 0.1) is 0 Å². The van der Waals surface area contributed by atoms with E-state index in [1.165, 1.54) is 31.2 Å². The predicted molar refractivity (Wildman–Crippen MR) is 70.7 cm³/mol. The number of rotatable bonds is 7. The molecule has 0 amide bonds. The van der Waals surface area contributed by atoms with E-state index in [0.29, 0.717) is 5.56 Å². The van der Waals surface area contributed by atoms with Crippen LogP contribution in [0.4, 0.5) is 0 Å². The topological polar surface area (TPSA) is 124 Å². The summed E-state index contributed by atoms with van der Waals surface area (Å²) in [6, 6.07) is 5.39. The van der Waals surface area contributed by atoms with Gasteiger partial charge >= 0.3 is 5.97 Å². The number of hydrogen-bond acceptors (Lipinski definition) is 5. The number of hydrogen-bond donors (Lipinski definition) is 4. The lowest BCUT2D eigenvalue weighted by Crippen LogP contribution is -2.43. The molecule has 0 bridgehead atoms. The average molecular weight is 303 g/mol. The Hall–Kier alpha value is -1.48. The van der Waals surface area contributed by atoms with E-state index in [1.54, 1.807) is 0 Å². The fraction of sp³-hybridized carbons (Fsp3) is 0.417. The van der Waals surface area contributed by atoms with Crippen molar-refractivity contribution in [1.29, 1.82) is 0 Å². The lowest BCUT2D eigenvalue weighted by atomic mass is 10.1. The second-order valence-electron chi connectivity index (χ2n) is 4.69. The van der Waals surface area contributed by atoms with Crippen molar-refractivity contribution in [3.63, 3.8) is 0 Å². The van der Waals surface area contributed by atoms with Crippen molar-refractivity contribution in [3.05, 3.63) is 29.8 Å². The van der Waals surface area contributed by atoms with Crippen LogP contribution < -0.4 is 4.72 Å². The summed E-state index contributed by atoms with van der Waals surface area (Å²) in [6.45, 7) is 0.390. The molecule has 0 aliphatic carbocycles. The highest BCUT2D eigenvalue weighted by atomic mass is 32.2. The SMILES string of the molecule is CC(O)(CO)CNS(=O)(=O)c1ccc(CC(=O)O)cc1. The van der Waals surface area contributed by atoms with Gasteiger partial charge in [0.2, 0.25) is 10.0 Å².